The Hall–Kier alpha value is -2.86. The van der Waals surface area contributed by atoms with Crippen molar-refractivity contribution in [2.24, 2.45) is 0 Å². The van der Waals surface area contributed by atoms with Crippen molar-refractivity contribution < 1.29 is 9.53 Å². The average Bonchev–Trinajstić information content (AvgIpc) is 2.65. The molecular formula is C21H22ClN3O3. The lowest BCUT2D eigenvalue weighted by Crippen LogP contribution is -2.44. The Kier molecular flexibility index (Phi) is 5.99. The van der Waals surface area contributed by atoms with Crippen molar-refractivity contribution in [1.29, 1.82) is 0 Å². The fraction of sp³-hybridized carbons (Fsp3) is 0.286. The molecule has 0 aliphatic carbocycles. The van der Waals surface area contributed by atoms with Crippen molar-refractivity contribution in [2.45, 2.75) is 39.5 Å². The fourth-order valence-corrected chi connectivity index (χ4v) is 3.09. The number of amides is 1. The molecule has 3 aromatic rings. The van der Waals surface area contributed by atoms with E-state index in [9.17, 15) is 9.59 Å². The molecule has 1 atom stereocenters. The summed E-state index contributed by atoms with van der Waals surface area (Å²) in [5, 5.41) is 1.06. The molecule has 1 unspecified atom stereocenters. The van der Waals surface area contributed by atoms with Crippen LogP contribution in [0.4, 0.5) is 0 Å². The third-order valence-electron chi connectivity index (χ3n) is 4.35. The largest absolute Gasteiger partial charge is 0.481 e. The minimum atomic E-state index is -0.715. The van der Waals surface area contributed by atoms with Gasteiger partial charge in [0.15, 0.2) is 6.10 Å². The molecule has 146 valence electrons. The molecule has 1 aromatic heterocycles. The van der Waals surface area contributed by atoms with Crippen LogP contribution in [0.5, 0.6) is 5.75 Å². The second kappa shape index (κ2) is 8.44. The number of aromatic nitrogens is 2. The Bertz CT molecular complexity index is 1050. The van der Waals surface area contributed by atoms with Crippen LogP contribution in [0.3, 0.4) is 0 Å². The first-order chi connectivity index (χ1) is 13.3. The molecule has 0 radical (unpaired) electrons. The number of para-hydroxylation sites is 1. The van der Waals surface area contributed by atoms with E-state index in [1.54, 1.807) is 54.3 Å². The predicted molar refractivity (Wildman–Crippen MR) is 110 cm³/mol. The number of aromatic amines is 1. The van der Waals surface area contributed by atoms with Gasteiger partial charge in [0.2, 0.25) is 0 Å². The van der Waals surface area contributed by atoms with Gasteiger partial charge < -0.3 is 14.6 Å². The molecule has 6 nitrogen and oxygen atoms in total. The number of benzene rings is 2. The van der Waals surface area contributed by atoms with Gasteiger partial charge in [0, 0.05) is 11.1 Å². The number of fused-ring (bicyclic) bond motifs is 1. The molecule has 2 aromatic carbocycles. The molecule has 0 aliphatic rings. The smallest absolute Gasteiger partial charge is 0.263 e. The Balaban J connectivity index is 1.81. The van der Waals surface area contributed by atoms with Crippen LogP contribution in [0.25, 0.3) is 10.9 Å². The van der Waals surface area contributed by atoms with Gasteiger partial charge in [-0.25, -0.2) is 4.98 Å². The first-order valence-electron chi connectivity index (χ1n) is 9.06. The minimum absolute atomic E-state index is 0.102. The number of nitrogens with one attached hydrogen (secondary N) is 1. The molecule has 0 saturated carbocycles. The van der Waals surface area contributed by atoms with Crippen LogP contribution in [-0.4, -0.2) is 32.9 Å². The van der Waals surface area contributed by atoms with Crippen LogP contribution in [0, 0.1) is 0 Å². The van der Waals surface area contributed by atoms with Crippen molar-refractivity contribution >= 4 is 28.4 Å². The molecule has 0 bridgehead atoms. The summed E-state index contributed by atoms with van der Waals surface area (Å²) in [4.78, 5) is 34.1. The number of rotatable bonds is 6. The Morgan fingerprint density at radius 2 is 1.93 bits per heavy atom. The van der Waals surface area contributed by atoms with E-state index in [0.717, 1.165) is 0 Å². The maximum Gasteiger partial charge on any atom is 0.263 e. The quantitative estimate of drug-likeness (QED) is 0.684. The van der Waals surface area contributed by atoms with Gasteiger partial charge in [-0.1, -0.05) is 29.8 Å². The molecule has 0 aliphatic heterocycles. The number of carbonyl (C=O) groups excluding carboxylic acids is 1. The molecule has 7 heteroatoms. The number of carbonyl (C=O) groups is 1. The van der Waals surface area contributed by atoms with E-state index in [1.807, 2.05) is 19.9 Å². The summed E-state index contributed by atoms with van der Waals surface area (Å²) in [6.45, 7) is 5.68. The Labute approximate surface area is 168 Å². The minimum Gasteiger partial charge on any atom is -0.481 e. The Morgan fingerprint density at radius 1 is 1.18 bits per heavy atom. The highest BCUT2D eigenvalue weighted by Crippen LogP contribution is 2.19. The number of ether oxygens (including phenoxy) is 1. The zero-order valence-corrected chi connectivity index (χ0v) is 16.7. The first-order valence-corrected chi connectivity index (χ1v) is 9.43. The highest BCUT2D eigenvalue weighted by Gasteiger charge is 2.25. The van der Waals surface area contributed by atoms with Crippen molar-refractivity contribution in [3.05, 3.63) is 69.7 Å². The van der Waals surface area contributed by atoms with Crippen molar-refractivity contribution in [3.8, 4) is 5.75 Å². The second-order valence-corrected chi connectivity index (χ2v) is 7.24. The average molecular weight is 400 g/mol. The van der Waals surface area contributed by atoms with E-state index in [4.69, 9.17) is 16.3 Å². The number of nitrogens with zero attached hydrogens (tertiary/aromatic N) is 2. The molecule has 1 heterocycles. The number of H-pyrrole nitrogens is 1. The van der Waals surface area contributed by atoms with Gasteiger partial charge in [0.05, 0.1) is 17.4 Å². The molecule has 0 spiro atoms. The van der Waals surface area contributed by atoms with Crippen molar-refractivity contribution in [2.75, 3.05) is 0 Å². The van der Waals surface area contributed by atoms with E-state index in [-0.39, 0.29) is 24.1 Å². The highest BCUT2D eigenvalue weighted by molar-refractivity contribution is 6.30. The van der Waals surface area contributed by atoms with Crippen LogP contribution in [0.15, 0.2) is 53.3 Å². The fourth-order valence-electron chi connectivity index (χ4n) is 2.91. The predicted octanol–water partition coefficient (Wildman–Crippen LogP) is 3.78. The van der Waals surface area contributed by atoms with Gasteiger partial charge in [-0.3, -0.25) is 9.59 Å². The molecule has 1 N–H and O–H groups in total. The van der Waals surface area contributed by atoms with Crippen LogP contribution in [0.1, 0.15) is 26.6 Å². The summed E-state index contributed by atoms with van der Waals surface area (Å²) >= 11 is 5.97. The van der Waals surface area contributed by atoms with E-state index in [2.05, 4.69) is 9.97 Å². The molecular weight excluding hydrogens is 378 g/mol. The summed E-state index contributed by atoms with van der Waals surface area (Å²) in [6.07, 6.45) is -0.715. The number of hydrogen-bond acceptors (Lipinski definition) is 4. The third kappa shape index (κ3) is 4.51. The summed E-state index contributed by atoms with van der Waals surface area (Å²) in [7, 11) is 0. The maximum absolute atomic E-state index is 13.0. The Morgan fingerprint density at radius 3 is 2.64 bits per heavy atom. The summed E-state index contributed by atoms with van der Waals surface area (Å²) < 4.78 is 5.75. The van der Waals surface area contributed by atoms with Gasteiger partial charge in [-0.15, -0.1) is 0 Å². The summed E-state index contributed by atoms with van der Waals surface area (Å²) in [5.41, 5.74) is 0.376. The first kappa shape index (κ1) is 19.9. The zero-order chi connectivity index (χ0) is 20.3. The second-order valence-electron chi connectivity index (χ2n) is 6.81. The molecule has 0 saturated heterocycles. The van der Waals surface area contributed by atoms with E-state index in [0.29, 0.717) is 27.5 Å². The van der Waals surface area contributed by atoms with Crippen LogP contribution >= 0.6 is 11.6 Å². The van der Waals surface area contributed by atoms with Gasteiger partial charge in [0.25, 0.3) is 11.5 Å². The lowest BCUT2D eigenvalue weighted by molar-refractivity contribution is -0.140. The zero-order valence-electron chi connectivity index (χ0n) is 16.0. The highest BCUT2D eigenvalue weighted by atomic mass is 35.5. The van der Waals surface area contributed by atoms with Crippen molar-refractivity contribution in [1.82, 2.24) is 14.9 Å². The molecule has 1 amide bonds. The molecule has 3 rings (SSSR count). The maximum atomic E-state index is 13.0. The van der Waals surface area contributed by atoms with Gasteiger partial charge in [-0.05, 0) is 51.1 Å². The standard InChI is InChI=1S/C21H22ClN3O3/c1-13(2)25(21(27)14(3)28-16-8-6-7-15(22)11-16)12-19-23-18-10-5-4-9-17(18)20(26)24-19/h4-11,13-14H,12H2,1-3H3,(H,23,24,26). The molecule has 0 fully saturated rings. The van der Waals surface area contributed by atoms with Crippen molar-refractivity contribution in [3.63, 3.8) is 0 Å². The number of hydrogen-bond donors (Lipinski definition) is 1. The van der Waals surface area contributed by atoms with Gasteiger partial charge >= 0.3 is 0 Å². The van der Waals surface area contributed by atoms with Gasteiger partial charge in [-0.2, -0.15) is 0 Å². The lowest BCUT2D eigenvalue weighted by atomic mass is 10.2. The monoisotopic (exact) mass is 399 g/mol. The van der Waals surface area contributed by atoms with E-state index in [1.165, 1.54) is 0 Å². The van der Waals surface area contributed by atoms with E-state index >= 15 is 0 Å². The summed E-state index contributed by atoms with van der Waals surface area (Å²) in [5.74, 6) is 0.751. The van der Waals surface area contributed by atoms with Crippen LogP contribution < -0.4 is 10.3 Å². The third-order valence-corrected chi connectivity index (χ3v) is 4.58. The normalized spacial score (nSPS) is 12.2. The summed E-state index contributed by atoms with van der Waals surface area (Å²) in [6, 6.07) is 13.9. The molecule has 28 heavy (non-hydrogen) atoms. The topological polar surface area (TPSA) is 75.3 Å². The lowest BCUT2D eigenvalue weighted by Gasteiger charge is -2.29. The van der Waals surface area contributed by atoms with Crippen LogP contribution in [0.2, 0.25) is 5.02 Å². The SMILES string of the molecule is CC(Oc1cccc(Cl)c1)C(=O)N(Cc1nc2ccccc2c(=O)[nH]1)C(C)C. The van der Waals surface area contributed by atoms with Gasteiger partial charge in [0.1, 0.15) is 11.6 Å². The number of halogens is 1. The van der Waals surface area contributed by atoms with Crippen LogP contribution in [-0.2, 0) is 11.3 Å². The van der Waals surface area contributed by atoms with E-state index < -0.39 is 6.10 Å².